The van der Waals surface area contributed by atoms with Crippen LogP contribution in [0, 0.1) is 5.92 Å². The van der Waals surface area contributed by atoms with E-state index >= 15 is 0 Å². The predicted octanol–water partition coefficient (Wildman–Crippen LogP) is 2.56. The van der Waals surface area contributed by atoms with Gasteiger partial charge in [-0.2, -0.15) is 0 Å². The molecule has 0 aromatic heterocycles. The summed E-state index contributed by atoms with van der Waals surface area (Å²) in [6, 6.07) is 6.74. The minimum atomic E-state index is -0.812. The molecule has 1 aromatic carbocycles. The van der Waals surface area contributed by atoms with Crippen LogP contribution in [-0.2, 0) is 19.7 Å². The van der Waals surface area contributed by atoms with Crippen molar-refractivity contribution in [3.63, 3.8) is 0 Å². The minimum absolute atomic E-state index is 0.000317. The molecule has 0 unspecified atom stereocenters. The van der Waals surface area contributed by atoms with Crippen molar-refractivity contribution in [2.75, 3.05) is 6.61 Å². The molecule has 0 heterocycles. The highest BCUT2D eigenvalue weighted by Gasteiger charge is 2.28. The van der Waals surface area contributed by atoms with Crippen molar-refractivity contribution in [2.45, 2.75) is 65.0 Å². The third-order valence-corrected chi connectivity index (χ3v) is 4.51. The van der Waals surface area contributed by atoms with E-state index in [1.165, 1.54) is 0 Å². The second-order valence-electron chi connectivity index (χ2n) is 8.47. The summed E-state index contributed by atoms with van der Waals surface area (Å²) >= 11 is 0. The zero-order chi connectivity index (χ0) is 20.2. The van der Waals surface area contributed by atoms with Gasteiger partial charge in [0, 0.05) is 11.6 Å². The van der Waals surface area contributed by atoms with E-state index in [9.17, 15) is 14.4 Å². The molecule has 1 aliphatic rings. The topological polar surface area (TPSA) is 84.5 Å². The Bertz CT molecular complexity index is 685. The van der Waals surface area contributed by atoms with E-state index in [0.717, 1.165) is 18.4 Å². The van der Waals surface area contributed by atoms with Crippen LogP contribution in [0.15, 0.2) is 24.3 Å². The molecule has 1 fully saturated rings. The third-order valence-electron chi connectivity index (χ3n) is 4.51. The summed E-state index contributed by atoms with van der Waals surface area (Å²) in [6.07, 6.45) is 1.94. The number of esters is 1. The van der Waals surface area contributed by atoms with Gasteiger partial charge in [0.05, 0.1) is 0 Å². The van der Waals surface area contributed by atoms with Crippen molar-refractivity contribution in [3.05, 3.63) is 35.4 Å². The molecule has 1 saturated carbocycles. The normalized spacial score (nSPS) is 15.2. The first kappa shape index (κ1) is 20.9. The van der Waals surface area contributed by atoms with E-state index in [0.29, 0.717) is 5.56 Å². The Hall–Kier alpha value is -2.37. The Kier molecular flexibility index (Phi) is 6.63. The number of rotatable bonds is 7. The summed E-state index contributed by atoms with van der Waals surface area (Å²) in [5.74, 6) is -1.41. The molecule has 27 heavy (non-hydrogen) atoms. The monoisotopic (exact) mass is 374 g/mol. The van der Waals surface area contributed by atoms with Gasteiger partial charge in [-0.1, -0.05) is 46.8 Å². The Labute approximate surface area is 161 Å². The Morgan fingerprint density at radius 2 is 1.70 bits per heavy atom. The summed E-state index contributed by atoms with van der Waals surface area (Å²) in [5.41, 5.74) is 1.61. The smallest absolute Gasteiger partial charge is 0.329 e. The Balaban J connectivity index is 1.94. The van der Waals surface area contributed by atoms with Crippen LogP contribution in [0.1, 0.15) is 63.4 Å². The Morgan fingerprint density at radius 3 is 2.19 bits per heavy atom. The molecule has 1 aliphatic carbocycles. The number of hydrogen-bond donors (Lipinski definition) is 2. The molecular weight excluding hydrogens is 344 g/mol. The van der Waals surface area contributed by atoms with E-state index in [-0.39, 0.29) is 35.8 Å². The lowest BCUT2D eigenvalue weighted by Gasteiger charge is -2.22. The fourth-order valence-corrected chi connectivity index (χ4v) is 2.57. The largest absolute Gasteiger partial charge is 0.454 e. The average molecular weight is 374 g/mol. The molecule has 6 nitrogen and oxygen atoms in total. The average Bonchev–Trinajstić information content (AvgIpc) is 3.40. The van der Waals surface area contributed by atoms with Crippen molar-refractivity contribution in [3.8, 4) is 0 Å². The van der Waals surface area contributed by atoms with Gasteiger partial charge in [-0.25, -0.2) is 4.79 Å². The summed E-state index contributed by atoms with van der Waals surface area (Å²) in [6.45, 7) is 9.62. The fraction of sp³-hybridized carbons (Fsp3) is 0.571. The highest BCUT2D eigenvalue weighted by atomic mass is 16.5. The molecule has 1 aromatic rings. The first-order chi connectivity index (χ1) is 12.6. The lowest BCUT2D eigenvalue weighted by atomic mass is 9.86. The molecule has 0 spiro atoms. The standard InChI is InChI=1S/C21H30N2O4/c1-13(2)18(20(26)27-12-17(24)22-16-10-11-16)23-19(25)14-6-8-15(9-7-14)21(3,4)5/h6-9,13,16,18H,10-12H2,1-5H3,(H,22,24)(H,23,25)/t18-/m0/s1. The van der Waals surface area contributed by atoms with E-state index in [1.807, 2.05) is 26.0 Å². The number of carbonyl (C=O) groups excluding carboxylic acids is 3. The van der Waals surface area contributed by atoms with Crippen molar-refractivity contribution >= 4 is 17.8 Å². The molecule has 0 saturated heterocycles. The first-order valence-corrected chi connectivity index (χ1v) is 9.45. The molecule has 148 valence electrons. The third kappa shape index (κ3) is 6.38. The van der Waals surface area contributed by atoms with Crippen LogP contribution >= 0.6 is 0 Å². The van der Waals surface area contributed by atoms with Gasteiger partial charge in [-0.05, 0) is 41.9 Å². The fourth-order valence-electron chi connectivity index (χ4n) is 2.57. The number of amides is 2. The number of nitrogens with one attached hydrogen (secondary N) is 2. The summed E-state index contributed by atoms with van der Waals surface area (Å²) < 4.78 is 5.09. The molecule has 2 rings (SSSR count). The number of carbonyl (C=O) groups is 3. The highest BCUT2D eigenvalue weighted by Crippen LogP contribution is 2.22. The lowest BCUT2D eigenvalue weighted by Crippen LogP contribution is -2.46. The summed E-state index contributed by atoms with van der Waals surface area (Å²) in [5, 5.41) is 5.48. The van der Waals surface area contributed by atoms with Gasteiger partial charge < -0.3 is 15.4 Å². The molecule has 0 aliphatic heterocycles. The SMILES string of the molecule is CC(C)[C@H](NC(=O)c1ccc(C(C)(C)C)cc1)C(=O)OCC(=O)NC1CC1. The van der Waals surface area contributed by atoms with Crippen molar-refractivity contribution < 1.29 is 19.1 Å². The van der Waals surface area contributed by atoms with Crippen LogP contribution < -0.4 is 10.6 Å². The zero-order valence-corrected chi connectivity index (χ0v) is 16.8. The van der Waals surface area contributed by atoms with Gasteiger partial charge in [0.2, 0.25) is 0 Å². The number of benzene rings is 1. The first-order valence-electron chi connectivity index (χ1n) is 9.45. The van der Waals surface area contributed by atoms with Gasteiger partial charge in [0.25, 0.3) is 11.8 Å². The zero-order valence-electron chi connectivity index (χ0n) is 16.8. The molecule has 2 amide bonds. The highest BCUT2D eigenvalue weighted by molar-refractivity contribution is 5.97. The lowest BCUT2D eigenvalue weighted by molar-refractivity contribution is -0.151. The quantitative estimate of drug-likeness (QED) is 0.719. The van der Waals surface area contributed by atoms with E-state index in [2.05, 4.69) is 31.4 Å². The predicted molar refractivity (Wildman–Crippen MR) is 103 cm³/mol. The summed E-state index contributed by atoms with van der Waals surface area (Å²) in [7, 11) is 0. The molecule has 1 atom stereocenters. The van der Waals surface area contributed by atoms with E-state index < -0.39 is 12.0 Å². The van der Waals surface area contributed by atoms with Crippen LogP contribution in [0.25, 0.3) is 0 Å². The second-order valence-corrected chi connectivity index (χ2v) is 8.47. The van der Waals surface area contributed by atoms with E-state index in [4.69, 9.17) is 4.74 Å². The number of ether oxygens (including phenoxy) is 1. The van der Waals surface area contributed by atoms with E-state index in [1.54, 1.807) is 12.1 Å². The Morgan fingerprint density at radius 1 is 1.11 bits per heavy atom. The van der Waals surface area contributed by atoms with Crippen LogP contribution in [0.3, 0.4) is 0 Å². The van der Waals surface area contributed by atoms with Gasteiger partial charge >= 0.3 is 5.97 Å². The maximum Gasteiger partial charge on any atom is 0.329 e. The molecular formula is C21H30N2O4. The molecule has 0 radical (unpaired) electrons. The maximum absolute atomic E-state index is 12.5. The maximum atomic E-state index is 12.5. The van der Waals surface area contributed by atoms with Crippen molar-refractivity contribution in [2.24, 2.45) is 5.92 Å². The van der Waals surface area contributed by atoms with Crippen LogP contribution in [0.5, 0.6) is 0 Å². The molecule has 2 N–H and O–H groups in total. The number of hydrogen-bond acceptors (Lipinski definition) is 4. The minimum Gasteiger partial charge on any atom is -0.454 e. The summed E-state index contributed by atoms with van der Waals surface area (Å²) in [4.78, 5) is 36.5. The molecule has 6 heteroatoms. The van der Waals surface area contributed by atoms with Gasteiger partial charge in [-0.15, -0.1) is 0 Å². The second kappa shape index (κ2) is 8.55. The molecule has 0 bridgehead atoms. The van der Waals surface area contributed by atoms with Gasteiger partial charge in [0.15, 0.2) is 6.61 Å². The van der Waals surface area contributed by atoms with Crippen LogP contribution in [-0.4, -0.2) is 36.5 Å². The van der Waals surface area contributed by atoms with Crippen molar-refractivity contribution in [1.82, 2.24) is 10.6 Å². The van der Waals surface area contributed by atoms with Gasteiger partial charge in [0.1, 0.15) is 6.04 Å². The van der Waals surface area contributed by atoms with Crippen LogP contribution in [0.2, 0.25) is 0 Å². The van der Waals surface area contributed by atoms with Gasteiger partial charge in [-0.3, -0.25) is 9.59 Å². The van der Waals surface area contributed by atoms with Crippen molar-refractivity contribution in [1.29, 1.82) is 0 Å². The van der Waals surface area contributed by atoms with Crippen LogP contribution in [0.4, 0.5) is 0 Å².